The maximum atomic E-state index is 12.2. The van der Waals surface area contributed by atoms with Crippen molar-refractivity contribution in [2.75, 3.05) is 50.1 Å². The van der Waals surface area contributed by atoms with Crippen LogP contribution in [-0.4, -0.2) is 60.6 Å². The minimum absolute atomic E-state index is 0.0570. The molecule has 0 saturated carbocycles. The van der Waals surface area contributed by atoms with Crippen molar-refractivity contribution in [3.05, 3.63) is 53.1 Å². The first-order valence-electron chi connectivity index (χ1n) is 9.95. The first-order chi connectivity index (χ1) is 14.6. The van der Waals surface area contributed by atoms with Crippen molar-refractivity contribution < 1.29 is 9.53 Å². The molecule has 1 amide bonds. The zero-order valence-corrected chi connectivity index (χ0v) is 18.4. The second-order valence-electron chi connectivity index (χ2n) is 7.38. The minimum Gasteiger partial charge on any atom is -0.484 e. The van der Waals surface area contributed by atoms with E-state index in [2.05, 4.69) is 43.1 Å². The van der Waals surface area contributed by atoms with Crippen molar-refractivity contribution in [1.29, 1.82) is 0 Å². The van der Waals surface area contributed by atoms with Crippen LogP contribution in [-0.2, 0) is 4.79 Å². The molecule has 1 saturated heterocycles. The topological polar surface area (TPSA) is 70.6 Å². The maximum absolute atomic E-state index is 12.2. The van der Waals surface area contributed by atoms with Crippen molar-refractivity contribution >= 4 is 44.4 Å². The average Bonchev–Trinajstić information content (AvgIpc) is 2.97. The monoisotopic (exact) mass is 469 g/mol. The maximum Gasteiger partial charge on any atom is 0.262 e. The zero-order valence-electron chi connectivity index (χ0n) is 16.8. The van der Waals surface area contributed by atoms with Crippen LogP contribution in [0.15, 0.2) is 53.1 Å². The summed E-state index contributed by atoms with van der Waals surface area (Å²) in [5.74, 6) is 1.19. The number of aromatic nitrogens is 2. The van der Waals surface area contributed by atoms with Gasteiger partial charge in [-0.05, 0) is 62.5 Å². The Balaban J connectivity index is 1.39. The molecule has 1 aliphatic heterocycles. The van der Waals surface area contributed by atoms with Gasteiger partial charge in [0.05, 0.1) is 5.52 Å². The molecule has 0 spiro atoms. The molecule has 30 heavy (non-hydrogen) atoms. The van der Waals surface area contributed by atoms with Crippen molar-refractivity contribution in [3.8, 4) is 5.75 Å². The number of halogens is 1. The molecule has 4 rings (SSSR count). The van der Waals surface area contributed by atoms with Gasteiger partial charge in [0.1, 0.15) is 5.75 Å². The molecular formula is C22H24BrN5O2. The van der Waals surface area contributed by atoms with E-state index in [1.807, 2.05) is 48.7 Å². The number of hydrogen-bond donors (Lipinski definition) is 1. The Morgan fingerprint density at radius 1 is 1.13 bits per heavy atom. The molecule has 8 heteroatoms. The number of carbonyl (C=O) groups excluding carboxylic acids is 1. The third-order valence-corrected chi connectivity index (χ3v) is 5.57. The van der Waals surface area contributed by atoms with Crippen LogP contribution in [0, 0.1) is 0 Å². The Bertz CT molecular complexity index is 1030. The van der Waals surface area contributed by atoms with Gasteiger partial charge in [0.15, 0.2) is 6.61 Å². The lowest BCUT2D eigenvalue weighted by Crippen LogP contribution is -2.30. The molecule has 1 N–H and O–H groups in total. The SMILES string of the molecule is CN1CCCN(c2ncc3cc(NC(=O)COc4ccc(Br)cc4)ccc3n2)CC1. The molecule has 0 radical (unpaired) electrons. The molecule has 1 aromatic heterocycles. The normalized spacial score (nSPS) is 15.1. The van der Waals surface area contributed by atoms with E-state index in [0.29, 0.717) is 11.4 Å². The quantitative estimate of drug-likeness (QED) is 0.615. The molecule has 2 heterocycles. The number of rotatable bonds is 5. The summed E-state index contributed by atoms with van der Waals surface area (Å²) in [5.41, 5.74) is 1.56. The number of fused-ring (bicyclic) bond motifs is 1. The molecular weight excluding hydrogens is 446 g/mol. The lowest BCUT2D eigenvalue weighted by atomic mass is 10.2. The fourth-order valence-corrected chi connectivity index (χ4v) is 3.64. The molecule has 2 aromatic carbocycles. The van der Waals surface area contributed by atoms with Gasteiger partial charge in [-0.25, -0.2) is 9.97 Å². The van der Waals surface area contributed by atoms with E-state index in [0.717, 1.165) is 53.9 Å². The lowest BCUT2D eigenvalue weighted by molar-refractivity contribution is -0.118. The molecule has 3 aromatic rings. The molecule has 0 bridgehead atoms. The van der Waals surface area contributed by atoms with Crippen molar-refractivity contribution in [2.45, 2.75) is 6.42 Å². The molecule has 0 atom stereocenters. The highest BCUT2D eigenvalue weighted by molar-refractivity contribution is 9.10. The van der Waals surface area contributed by atoms with E-state index in [9.17, 15) is 4.79 Å². The summed E-state index contributed by atoms with van der Waals surface area (Å²) in [5, 5.41) is 3.75. The van der Waals surface area contributed by atoms with Gasteiger partial charge in [0.2, 0.25) is 5.95 Å². The van der Waals surface area contributed by atoms with Crippen molar-refractivity contribution in [2.24, 2.45) is 0 Å². The first-order valence-corrected chi connectivity index (χ1v) is 10.7. The van der Waals surface area contributed by atoms with Gasteiger partial charge in [-0.2, -0.15) is 0 Å². The minimum atomic E-state index is -0.219. The summed E-state index contributed by atoms with van der Waals surface area (Å²) >= 11 is 3.37. The van der Waals surface area contributed by atoms with Crippen LogP contribution in [0.1, 0.15) is 6.42 Å². The van der Waals surface area contributed by atoms with Gasteiger partial charge in [-0.1, -0.05) is 15.9 Å². The largest absolute Gasteiger partial charge is 0.484 e. The van der Waals surface area contributed by atoms with Gasteiger partial charge in [-0.15, -0.1) is 0 Å². The molecule has 1 fully saturated rings. The Morgan fingerprint density at radius 2 is 1.97 bits per heavy atom. The Labute approximate surface area is 184 Å². The van der Waals surface area contributed by atoms with Crippen molar-refractivity contribution in [1.82, 2.24) is 14.9 Å². The lowest BCUT2D eigenvalue weighted by Gasteiger charge is -2.20. The number of likely N-dealkylation sites (N-methyl/N-ethyl adjacent to an activating group) is 1. The Morgan fingerprint density at radius 3 is 2.80 bits per heavy atom. The van der Waals surface area contributed by atoms with Crippen LogP contribution in [0.4, 0.5) is 11.6 Å². The van der Waals surface area contributed by atoms with Crippen LogP contribution in [0.5, 0.6) is 5.75 Å². The number of nitrogens with zero attached hydrogens (tertiary/aromatic N) is 4. The zero-order chi connectivity index (χ0) is 20.9. The van der Waals surface area contributed by atoms with E-state index in [1.54, 1.807) is 0 Å². The van der Waals surface area contributed by atoms with E-state index < -0.39 is 0 Å². The summed E-state index contributed by atoms with van der Waals surface area (Å²) in [6.07, 6.45) is 2.92. The fourth-order valence-electron chi connectivity index (χ4n) is 3.38. The molecule has 7 nitrogen and oxygen atoms in total. The van der Waals surface area contributed by atoms with Crippen LogP contribution >= 0.6 is 15.9 Å². The van der Waals surface area contributed by atoms with Crippen LogP contribution in [0.25, 0.3) is 10.9 Å². The van der Waals surface area contributed by atoms with Gasteiger partial charge in [-0.3, -0.25) is 4.79 Å². The smallest absolute Gasteiger partial charge is 0.262 e. The number of nitrogens with one attached hydrogen (secondary N) is 1. The van der Waals surface area contributed by atoms with E-state index >= 15 is 0 Å². The Kier molecular flexibility index (Phi) is 6.44. The predicted octanol–water partition coefficient (Wildman–Crippen LogP) is 3.55. The van der Waals surface area contributed by atoms with Crippen LogP contribution in [0.2, 0.25) is 0 Å². The highest BCUT2D eigenvalue weighted by atomic mass is 79.9. The summed E-state index contributed by atoms with van der Waals surface area (Å²) in [6.45, 7) is 3.93. The summed E-state index contributed by atoms with van der Waals surface area (Å²) in [4.78, 5) is 26.1. The molecule has 1 aliphatic rings. The second kappa shape index (κ2) is 9.40. The number of anilines is 2. The number of carbonyl (C=O) groups is 1. The van der Waals surface area contributed by atoms with Gasteiger partial charge >= 0.3 is 0 Å². The van der Waals surface area contributed by atoms with Gasteiger partial charge < -0.3 is 19.9 Å². The number of ether oxygens (including phenoxy) is 1. The summed E-state index contributed by atoms with van der Waals surface area (Å²) < 4.78 is 6.48. The summed E-state index contributed by atoms with van der Waals surface area (Å²) in [6, 6.07) is 13.0. The number of amides is 1. The van der Waals surface area contributed by atoms with Gasteiger partial charge in [0.25, 0.3) is 5.91 Å². The number of benzene rings is 2. The second-order valence-corrected chi connectivity index (χ2v) is 8.29. The van der Waals surface area contributed by atoms with E-state index in [1.165, 1.54) is 0 Å². The van der Waals surface area contributed by atoms with Gasteiger partial charge in [0, 0.05) is 41.4 Å². The predicted molar refractivity (Wildman–Crippen MR) is 122 cm³/mol. The summed E-state index contributed by atoms with van der Waals surface area (Å²) in [7, 11) is 2.14. The molecule has 0 unspecified atom stereocenters. The highest BCUT2D eigenvalue weighted by Gasteiger charge is 2.15. The fraction of sp³-hybridized carbons (Fsp3) is 0.318. The van der Waals surface area contributed by atoms with Crippen LogP contribution in [0.3, 0.4) is 0 Å². The third kappa shape index (κ3) is 5.25. The first kappa shape index (κ1) is 20.6. The van der Waals surface area contributed by atoms with Crippen LogP contribution < -0.4 is 15.0 Å². The van der Waals surface area contributed by atoms with Crippen molar-refractivity contribution in [3.63, 3.8) is 0 Å². The average molecular weight is 470 g/mol. The standard InChI is InChI=1S/C22H24BrN5O2/c1-27-9-2-10-28(12-11-27)22-24-14-16-13-18(5-8-20(16)26-22)25-21(29)15-30-19-6-3-17(23)4-7-19/h3-8,13-14H,2,9-12,15H2,1H3,(H,25,29). The highest BCUT2D eigenvalue weighted by Crippen LogP contribution is 2.21. The number of hydrogen-bond acceptors (Lipinski definition) is 6. The van der Waals surface area contributed by atoms with E-state index in [-0.39, 0.29) is 12.5 Å². The third-order valence-electron chi connectivity index (χ3n) is 5.04. The van der Waals surface area contributed by atoms with E-state index in [4.69, 9.17) is 9.72 Å². The molecule has 156 valence electrons. The Hall–Kier alpha value is -2.71. The molecule has 0 aliphatic carbocycles.